The highest BCUT2D eigenvalue weighted by atomic mass is 19.1. The van der Waals surface area contributed by atoms with E-state index in [1.807, 2.05) is 12.3 Å². The van der Waals surface area contributed by atoms with Gasteiger partial charge in [-0.3, -0.25) is 9.69 Å². The Labute approximate surface area is 221 Å². The van der Waals surface area contributed by atoms with Crippen molar-refractivity contribution >= 4 is 22.5 Å². The van der Waals surface area contributed by atoms with Gasteiger partial charge in [-0.2, -0.15) is 5.10 Å². The molecule has 8 nitrogen and oxygen atoms in total. The van der Waals surface area contributed by atoms with Crippen molar-refractivity contribution in [2.24, 2.45) is 0 Å². The maximum absolute atomic E-state index is 13.5. The molecule has 2 fully saturated rings. The second-order valence-electron chi connectivity index (χ2n) is 11.0. The number of methoxy groups -OCH3 is 1. The molecule has 2 aliphatic heterocycles. The first-order valence-corrected chi connectivity index (χ1v) is 13.6. The summed E-state index contributed by atoms with van der Waals surface area (Å²) in [5, 5.41) is 5.58. The molecule has 0 aliphatic carbocycles. The summed E-state index contributed by atoms with van der Waals surface area (Å²) in [4.78, 5) is 24.5. The fourth-order valence-electron chi connectivity index (χ4n) is 6.15. The number of rotatable bonds is 6. The first-order valence-electron chi connectivity index (χ1n) is 13.6. The van der Waals surface area contributed by atoms with Gasteiger partial charge in [-0.1, -0.05) is 19.9 Å². The van der Waals surface area contributed by atoms with E-state index >= 15 is 0 Å². The van der Waals surface area contributed by atoms with Crippen LogP contribution in [0.2, 0.25) is 0 Å². The molecule has 0 spiro atoms. The predicted octanol–water partition coefficient (Wildman–Crippen LogP) is 4.76. The number of fused-ring (bicyclic) bond motifs is 2. The molecule has 5 heterocycles. The minimum Gasteiger partial charge on any atom is -0.493 e. The number of aromatic nitrogens is 4. The average Bonchev–Trinajstić information content (AvgIpc) is 3.66. The third-order valence-corrected chi connectivity index (χ3v) is 8.19. The number of H-pyrrole nitrogens is 1. The highest BCUT2D eigenvalue weighted by molar-refractivity contribution is 5.92. The van der Waals surface area contributed by atoms with Crippen LogP contribution >= 0.6 is 0 Å². The van der Waals surface area contributed by atoms with Crippen LogP contribution in [0, 0.1) is 0 Å². The molecule has 4 aromatic rings. The first-order chi connectivity index (χ1) is 18.4. The number of alkyl halides is 1. The molecule has 2 saturated heterocycles. The Morgan fingerprint density at radius 2 is 2.00 bits per heavy atom. The fourth-order valence-corrected chi connectivity index (χ4v) is 6.15. The SMILES string of the molecule is COc1cc(-c2[nH]c3ccc(C4CCN(CC(=O)N5CC[C@H](F)C5)CC4)cc3c2C(C)C)cn2ncnc12. The van der Waals surface area contributed by atoms with E-state index in [4.69, 9.17) is 4.74 Å². The van der Waals surface area contributed by atoms with Crippen molar-refractivity contribution in [1.29, 1.82) is 0 Å². The van der Waals surface area contributed by atoms with Crippen LogP contribution in [0.5, 0.6) is 5.75 Å². The molecule has 9 heteroatoms. The number of amides is 1. The summed E-state index contributed by atoms with van der Waals surface area (Å²) in [6.07, 6.45) is 5.16. The van der Waals surface area contributed by atoms with E-state index < -0.39 is 6.17 Å². The van der Waals surface area contributed by atoms with Gasteiger partial charge in [0, 0.05) is 29.2 Å². The van der Waals surface area contributed by atoms with Crippen LogP contribution in [0.15, 0.2) is 36.8 Å². The Morgan fingerprint density at radius 1 is 1.18 bits per heavy atom. The predicted molar refractivity (Wildman–Crippen MR) is 145 cm³/mol. The number of aromatic amines is 1. The molecule has 0 saturated carbocycles. The number of ether oxygens (including phenoxy) is 1. The number of benzene rings is 1. The maximum Gasteiger partial charge on any atom is 0.236 e. The van der Waals surface area contributed by atoms with Crippen LogP contribution < -0.4 is 4.74 Å². The van der Waals surface area contributed by atoms with Crippen molar-refractivity contribution in [3.8, 4) is 17.0 Å². The zero-order valence-corrected chi connectivity index (χ0v) is 22.3. The molecule has 6 rings (SSSR count). The lowest BCUT2D eigenvalue weighted by Crippen LogP contribution is -2.42. The molecule has 0 bridgehead atoms. The summed E-state index contributed by atoms with van der Waals surface area (Å²) >= 11 is 0. The number of nitrogens with zero attached hydrogens (tertiary/aromatic N) is 5. The van der Waals surface area contributed by atoms with Crippen molar-refractivity contribution in [3.05, 3.63) is 47.9 Å². The maximum atomic E-state index is 13.5. The Bertz CT molecular complexity index is 1470. The van der Waals surface area contributed by atoms with Crippen molar-refractivity contribution in [3.63, 3.8) is 0 Å². The number of piperidine rings is 1. The molecule has 38 heavy (non-hydrogen) atoms. The number of nitrogens with one attached hydrogen (secondary N) is 1. The standard InChI is InChI=1S/C29H35FN6O2/c1-18(2)27-23-12-20(19-6-9-34(10-7-19)16-26(37)35-11-8-22(30)15-35)4-5-24(23)33-28(27)21-13-25(38-3)29-31-17-32-36(29)14-21/h4-5,12-14,17-19,22,33H,6-11,15-16H2,1-3H3/t22-/m0/s1. The molecule has 0 unspecified atom stereocenters. The van der Waals surface area contributed by atoms with Gasteiger partial charge >= 0.3 is 0 Å². The lowest BCUT2D eigenvalue weighted by Gasteiger charge is -2.32. The zero-order chi connectivity index (χ0) is 26.4. The highest BCUT2D eigenvalue weighted by Crippen LogP contribution is 2.39. The first kappa shape index (κ1) is 24.9. The Balaban J connectivity index is 1.23. The van der Waals surface area contributed by atoms with Gasteiger partial charge in [-0.15, -0.1) is 0 Å². The molecular weight excluding hydrogens is 483 g/mol. The monoisotopic (exact) mass is 518 g/mol. The van der Waals surface area contributed by atoms with Gasteiger partial charge in [0.1, 0.15) is 12.5 Å². The van der Waals surface area contributed by atoms with E-state index in [0.717, 1.165) is 42.7 Å². The molecule has 2 aliphatic rings. The van der Waals surface area contributed by atoms with Crippen molar-refractivity contribution in [2.45, 2.75) is 51.1 Å². The topological polar surface area (TPSA) is 78.8 Å². The number of carbonyl (C=O) groups is 1. The highest BCUT2D eigenvalue weighted by Gasteiger charge is 2.29. The van der Waals surface area contributed by atoms with Crippen molar-refractivity contribution < 1.29 is 13.9 Å². The Hall–Kier alpha value is -3.46. The molecule has 200 valence electrons. The van der Waals surface area contributed by atoms with E-state index in [9.17, 15) is 9.18 Å². The second kappa shape index (κ2) is 10.0. The van der Waals surface area contributed by atoms with Crippen LogP contribution in [-0.2, 0) is 4.79 Å². The van der Waals surface area contributed by atoms with Crippen LogP contribution in [0.1, 0.15) is 56.1 Å². The zero-order valence-electron chi connectivity index (χ0n) is 22.3. The normalized spacial score (nSPS) is 19.3. The summed E-state index contributed by atoms with van der Waals surface area (Å²) in [5.41, 5.74) is 6.53. The van der Waals surface area contributed by atoms with Gasteiger partial charge in [-0.05, 0) is 73.5 Å². The largest absolute Gasteiger partial charge is 0.493 e. The minimum atomic E-state index is -0.864. The summed E-state index contributed by atoms with van der Waals surface area (Å²) in [6.45, 7) is 7.42. The van der Waals surface area contributed by atoms with Crippen molar-refractivity contribution in [2.75, 3.05) is 39.8 Å². The molecule has 1 N–H and O–H groups in total. The van der Waals surface area contributed by atoms with E-state index in [2.05, 4.69) is 52.0 Å². The molecule has 3 aromatic heterocycles. The molecule has 1 atom stereocenters. The summed E-state index contributed by atoms with van der Waals surface area (Å²) in [7, 11) is 1.65. The third kappa shape index (κ3) is 4.53. The van der Waals surface area contributed by atoms with E-state index in [-0.39, 0.29) is 12.5 Å². The van der Waals surface area contributed by atoms with Gasteiger partial charge < -0.3 is 14.6 Å². The summed E-state index contributed by atoms with van der Waals surface area (Å²) in [6, 6.07) is 8.81. The van der Waals surface area contributed by atoms with Crippen molar-refractivity contribution in [1.82, 2.24) is 29.4 Å². The second-order valence-corrected chi connectivity index (χ2v) is 11.0. The summed E-state index contributed by atoms with van der Waals surface area (Å²) in [5.74, 6) is 1.52. The van der Waals surface area contributed by atoms with Gasteiger partial charge in [0.15, 0.2) is 11.4 Å². The van der Waals surface area contributed by atoms with Crippen LogP contribution in [0.4, 0.5) is 4.39 Å². The number of halogens is 1. The van der Waals surface area contributed by atoms with Gasteiger partial charge in [0.05, 0.1) is 25.9 Å². The van der Waals surface area contributed by atoms with E-state index in [1.165, 1.54) is 22.8 Å². The van der Waals surface area contributed by atoms with Gasteiger partial charge in [-0.25, -0.2) is 13.9 Å². The van der Waals surface area contributed by atoms with E-state index in [1.54, 1.807) is 16.5 Å². The van der Waals surface area contributed by atoms with Crippen LogP contribution in [0.3, 0.4) is 0 Å². The quantitative estimate of drug-likeness (QED) is 0.398. The minimum absolute atomic E-state index is 0.0622. The molecule has 1 aromatic carbocycles. The smallest absolute Gasteiger partial charge is 0.236 e. The number of hydrogen-bond donors (Lipinski definition) is 1. The Morgan fingerprint density at radius 3 is 2.71 bits per heavy atom. The molecular formula is C29H35FN6O2. The number of carbonyl (C=O) groups excluding carboxylic acids is 1. The number of pyridine rings is 1. The van der Waals surface area contributed by atoms with Crippen LogP contribution in [0.25, 0.3) is 27.8 Å². The third-order valence-electron chi connectivity index (χ3n) is 8.19. The lowest BCUT2D eigenvalue weighted by molar-refractivity contribution is -0.131. The van der Waals surface area contributed by atoms with Gasteiger partial charge in [0.25, 0.3) is 0 Å². The molecule has 1 amide bonds. The average molecular weight is 519 g/mol. The fraction of sp³-hybridized carbons (Fsp3) is 0.483. The summed E-state index contributed by atoms with van der Waals surface area (Å²) < 4.78 is 20.9. The van der Waals surface area contributed by atoms with Crippen LogP contribution in [-0.4, -0.2) is 81.3 Å². The van der Waals surface area contributed by atoms with E-state index in [0.29, 0.717) is 42.7 Å². The lowest BCUT2D eigenvalue weighted by atomic mass is 9.87. The molecule has 0 radical (unpaired) electrons. The van der Waals surface area contributed by atoms with Gasteiger partial charge in [0.2, 0.25) is 5.91 Å². The Kier molecular flexibility index (Phi) is 6.55. The number of likely N-dealkylation sites (tertiary alicyclic amines) is 2. The number of hydrogen-bond acceptors (Lipinski definition) is 5.